The van der Waals surface area contributed by atoms with Crippen LogP contribution in [0.1, 0.15) is 18.5 Å². The van der Waals surface area contributed by atoms with Gasteiger partial charge >= 0.3 is 0 Å². The third kappa shape index (κ3) is 1.70. The molecule has 0 aliphatic carbocycles. The number of hydrogen-bond acceptors (Lipinski definition) is 1. The quantitative estimate of drug-likeness (QED) is 0.744. The molecule has 1 unspecified atom stereocenters. The van der Waals surface area contributed by atoms with Gasteiger partial charge in [0.05, 0.1) is 0 Å². The summed E-state index contributed by atoms with van der Waals surface area (Å²) in [7, 11) is 0. The van der Waals surface area contributed by atoms with Crippen molar-refractivity contribution in [2.45, 2.75) is 13.0 Å². The zero-order chi connectivity index (χ0) is 9.97. The van der Waals surface area contributed by atoms with Gasteiger partial charge in [0.25, 0.3) is 0 Å². The molecule has 0 aliphatic heterocycles. The molecule has 0 radical (unpaired) electrons. The number of H-pyrrole nitrogens is 1. The molecule has 3 N–H and O–H groups in total. The first-order valence-electron chi connectivity index (χ1n) is 4.76. The molecular formula is C12H14N2. The molecule has 0 spiro atoms. The standard InChI is InChI=1S/C12H14N2/c1-9(13)10-4-2-5-11(8-10)12-6-3-7-14-12/h2-9,14H,13H2,1H3. The maximum Gasteiger partial charge on any atom is 0.0453 e. The average Bonchev–Trinajstić information content (AvgIpc) is 2.71. The van der Waals surface area contributed by atoms with Gasteiger partial charge in [-0.15, -0.1) is 0 Å². The summed E-state index contributed by atoms with van der Waals surface area (Å²) < 4.78 is 0. The highest BCUT2D eigenvalue weighted by molar-refractivity contribution is 5.60. The minimum atomic E-state index is 0.0879. The van der Waals surface area contributed by atoms with Gasteiger partial charge in [-0.2, -0.15) is 0 Å². The number of benzene rings is 1. The summed E-state index contributed by atoms with van der Waals surface area (Å²) in [5, 5.41) is 0. The normalized spacial score (nSPS) is 12.7. The Labute approximate surface area is 83.8 Å². The van der Waals surface area contributed by atoms with Crippen molar-refractivity contribution in [3.05, 3.63) is 48.2 Å². The Bertz CT molecular complexity index is 402. The zero-order valence-electron chi connectivity index (χ0n) is 8.20. The lowest BCUT2D eigenvalue weighted by Gasteiger charge is -2.06. The van der Waals surface area contributed by atoms with Crippen molar-refractivity contribution in [1.29, 1.82) is 0 Å². The molecule has 0 amide bonds. The molecule has 2 nitrogen and oxygen atoms in total. The van der Waals surface area contributed by atoms with Gasteiger partial charge in [0.1, 0.15) is 0 Å². The molecule has 1 atom stereocenters. The summed E-state index contributed by atoms with van der Waals surface area (Å²) in [5.74, 6) is 0. The first-order valence-corrected chi connectivity index (χ1v) is 4.76. The number of nitrogens with one attached hydrogen (secondary N) is 1. The van der Waals surface area contributed by atoms with E-state index in [2.05, 4.69) is 29.2 Å². The number of rotatable bonds is 2. The van der Waals surface area contributed by atoms with E-state index in [4.69, 9.17) is 5.73 Å². The molecule has 2 rings (SSSR count). The highest BCUT2D eigenvalue weighted by atomic mass is 14.7. The van der Waals surface area contributed by atoms with Gasteiger partial charge in [0.2, 0.25) is 0 Å². The van der Waals surface area contributed by atoms with Gasteiger partial charge in [-0.3, -0.25) is 0 Å². The molecular weight excluding hydrogens is 172 g/mol. The van der Waals surface area contributed by atoms with Gasteiger partial charge in [-0.05, 0) is 36.2 Å². The summed E-state index contributed by atoms with van der Waals surface area (Å²) in [4.78, 5) is 3.18. The molecule has 0 fully saturated rings. The van der Waals surface area contributed by atoms with Crippen LogP contribution in [0.4, 0.5) is 0 Å². The van der Waals surface area contributed by atoms with E-state index in [1.807, 2.05) is 25.3 Å². The van der Waals surface area contributed by atoms with Gasteiger partial charge < -0.3 is 10.7 Å². The van der Waals surface area contributed by atoms with Crippen LogP contribution in [-0.4, -0.2) is 4.98 Å². The Morgan fingerprint density at radius 1 is 1.21 bits per heavy atom. The van der Waals surface area contributed by atoms with Crippen LogP contribution in [0.3, 0.4) is 0 Å². The third-order valence-corrected chi connectivity index (χ3v) is 2.32. The van der Waals surface area contributed by atoms with Crippen molar-refractivity contribution in [1.82, 2.24) is 4.98 Å². The summed E-state index contributed by atoms with van der Waals surface area (Å²) in [6.45, 7) is 1.99. The monoisotopic (exact) mass is 186 g/mol. The first kappa shape index (κ1) is 9.03. The molecule has 72 valence electrons. The van der Waals surface area contributed by atoms with E-state index in [1.165, 1.54) is 5.56 Å². The van der Waals surface area contributed by atoms with Gasteiger partial charge in [0.15, 0.2) is 0 Å². The second-order valence-electron chi connectivity index (χ2n) is 3.50. The van der Waals surface area contributed by atoms with Gasteiger partial charge in [-0.1, -0.05) is 18.2 Å². The topological polar surface area (TPSA) is 41.8 Å². The number of aromatic amines is 1. The Morgan fingerprint density at radius 2 is 2.07 bits per heavy atom. The maximum absolute atomic E-state index is 5.83. The molecule has 0 saturated carbocycles. The Hall–Kier alpha value is -1.54. The highest BCUT2D eigenvalue weighted by Crippen LogP contribution is 2.20. The second-order valence-corrected chi connectivity index (χ2v) is 3.50. The number of nitrogens with two attached hydrogens (primary N) is 1. The van der Waals surface area contributed by atoms with Gasteiger partial charge in [-0.25, -0.2) is 0 Å². The lowest BCUT2D eigenvalue weighted by Crippen LogP contribution is -2.04. The molecule has 14 heavy (non-hydrogen) atoms. The fraction of sp³-hybridized carbons (Fsp3) is 0.167. The van der Waals surface area contributed by atoms with E-state index in [-0.39, 0.29) is 6.04 Å². The van der Waals surface area contributed by atoms with Crippen molar-refractivity contribution in [2.75, 3.05) is 0 Å². The van der Waals surface area contributed by atoms with Crippen LogP contribution in [0.25, 0.3) is 11.3 Å². The molecule has 1 aromatic carbocycles. The Balaban J connectivity index is 2.41. The predicted octanol–water partition coefficient (Wildman–Crippen LogP) is 2.70. The van der Waals surface area contributed by atoms with E-state index >= 15 is 0 Å². The van der Waals surface area contributed by atoms with Crippen LogP contribution >= 0.6 is 0 Å². The third-order valence-electron chi connectivity index (χ3n) is 2.32. The molecule has 1 aromatic heterocycles. The van der Waals surface area contributed by atoms with E-state index in [0.717, 1.165) is 11.3 Å². The summed E-state index contributed by atoms with van der Waals surface area (Å²) in [5.41, 5.74) is 9.31. The van der Waals surface area contributed by atoms with Crippen LogP contribution < -0.4 is 5.73 Å². The second kappa shape index (κ2) is 3.68. The Kier molecular flexibility index (Phi) is 2.37. The predicted molar refractivity (Wildman–Crippen MR) is 58.8 cm³/mol. The number of hydrogen-bond donors (Lipinski definition) is 2. The van der Waals surface area contributed by atoms with Crippen molar-refractivity contribution < 1.29 is 0 Å². The highest BCUT2D eigenvalue weighted by Gasteiger charge is 2.02. The van der Waals surface area contributed by atoms with Crippen LogP contribution in [-0.2, 0) is 0 Å². The molecule has 0 bridgehead atoms. The minimum absolute atomic E-state index is 0.0879. The Morgan fingerprint density at radius 3 is 2.71 bits per heavy atom. The van der Waals surface area contributed by atoms with Crippen molar-refractivity contribution >= 4 is 0 Å². The first-order chi connectivity index (χ1) is 6.77. The lowest BCUT2D eigenvalue weighted by molar-refractivity contribution is 0.818. The minimum Gasteiger partial charge on any atom is -0.361 e. The van der Waals surface area contributed by atoms with E-state index in [9.17, 15) is 0 Å². The van der Waals surface area contributed by atoms with E-state index < -0.39 is 0 Å². The maximum atomic E-state index is 5.83. The van der Waals surface area contributed by atoms with Crippen LogP contribution in [0.15, 0.2) is 42.6 Å². The lowest BCUT2D eigenvalue weighted by atomic mass is 10.0. The zero-order valence-corrected chi connectivity index (χ0v) is 8.20. The summed E-state index contributed by atoms with van der Waals surface area (Å²) in [6, 6.07) is 12.4. The summed E-state index contributed by atoms with van der Waals surface area (Å²) >= 11 is 0. The molecule has 2 aromatic rings. The fourth-order valence-corrected chi connectivity index (χ4v) is 1.50. The van der Waals surface area contributed by atoms with Crippen LogP contribution in [0.5, 0.6) is 0 Å². The van der Waals surface area contributed by atoms with Crippen LogP contribution in [0.2, 0.25) is 0 Å². The number of aromatic nitrogens is 1. The van der Waals surface area contributed by atoms with Crippen LogP contribution in [0, 0.1) is 0 Å². The SMILES string of the molecule is CC(N)c1cccc(-c2ccc[nH]2)c1. The van der Waals surface area contributed by atoms with Crippen molar-refractivity contribution in [2.24, 2.45) is 5.73 Å². The van der Waals surface area contributed by atoms with E-state index in [0.29, 0.717) is 0 Å². The smallest absolute Gasteiger partial charge is 0.0453 e. The van der Waals surface area contributed by atoms with Gasteiger partial charge in [0, 0.05) is 17.9 Å². The molecule has 0 saturated heterocycles. The molecule has 1 heterocycles. The van der Waals surface area contributed by atoms with Crippen molar-refractivity contribution in [3.8, 4) is 11.3 Å². The van der Waals surface area contributed by atoms with Crippen molar-refractivity contribution in [3.63, 3.8) is 0 Å². The van der Waals surface area contributed by atoms with E-state index in [1.54, 1.807) is 0 Å². The molecule has 0 aliphatic rings. The average molecular weight is 186 g/mol. The largest absolute Gasteiger partial charge is 0.361 e. The fourth-order valence-electron chi connectivity index (χ4n) is 1.50. The summed E-state index contributed by atoms with van der Waals surface area (Å²) in [6.07, 6.45) is 1.92. The molecule has 2 heteroatoms.